The molecule has 0 bridgehead atoms. The normalized spacial score (nSPS) is 15.4. The van der Waals surface area contributed by atoms with Gasteiger partial charge in [0.15, 0.2) is 28.4 Å². The van der Waals surface area contributed by atoms with Crippen molar-refractivity contribution in [3.8, 4) is 0 Å². The second-order valence-corrected chi connectivity index (χ2v) is 14.9. The number of fused-ring (bicyclic) bond motifs is 1. The number of nitrogens with one attached hydrogen (secondary N) is 4. The maximum absolute atomic E-state index is 12.6. The molecule has 17 nitrogen and oxygen atoms in total. The number of nitrogen functional groups attached to an aromatic ring is 2. The molecule has 1 heterocycles. The smallest absolute Gasteiger partial charge is 0.280 e. The number of unbranched alkanes of at least 4 members (excludes halogenated alkanes) is 4. The Bertz CT molecular complexity index is 1570. The maximum atomic E-state index is 12.6. The van der Waals surface area contributed by atoms with Crippen molar-refractivity contribution in [2.75, 3.05) is 50.8 Å². The van der Waals surface area contributed by atoms with E-state index in [2.05, 4.69) is 45.0 Å². The fourth-order valence-corrected chi connectivity index (χ4v) is 7.11. The Hall–Kier alpha value is -3.68. The summed E-state index contributed by atoms with van der Waals surface area (Å²) >= 11 is 5.85. The SMILES string of the molecule is CCCCCCN(CCCN[C@@H](Cc1ccc(CCCCNC(=N)NC(=O)c2nc(Cl)c(N)nc2N)c2c1CCCC2)C(N)=O)C[C@H](O)[C@@H](O)[C@H](O)[C@H](O)CO. The van der Waals surface area contributed by atoms with Gasteiger partial charge >= 0.3 is 0 Å². The van der Waals surface area contributed by atoms with Crippen molar-refractivity contribution < 1.29 is 35.1 Å². The Balaban J connectivity index is 1.51. The summed E-state index contributed by atoms with van der Waals surface area (Å²) in [5.41, 5.74) is 21.9. The van der Waals surface area contributed by atoms with Crippen LogP contribution in [0.3, 0.4) is 0 Å². The van der Waals surface area contributed by atoms with Gasteiger partial charge in [-0.2, -0.15) is 0 Å². The summed E-state index contributed by atoms with van der Waals surface area (Å²) in [4.78, 5) is 34.7. The molecule has 0 saturated carbocycles. The summed E-state index contributed by atoms with van der Waals surface area (Å²) in [6, 6.07) is 3.67. The number of rotatable bonds is 25. The zero-order valence-corrected chi connectivity index (χ0v) is 33.2. The van der Waals surface area contributed by atoms with Crippen molar-refractivity contribution in [1.29, 1.82) is 5.41 Å². The monoisotopic (exact) mass is 806 g/mol. The van der Waals surface area contributed by atoms with E-state index in [1.165, 1.54) is 16.7 Å². The molecule has 0 unspecified atom stereocenters. The first-order chi connectivity index (χ1) is 26.8. The van der Waals surface area contributed by atoms with Gasteiger partial charge in [0, 0.05) is 13.1 Å². The second-order valence-electron chi connectivity index (χ2n) is 14.5. The Morgan fingerprint density at radius 1 is 0.893 bits per heavy atom. The minimum atomic E-state index is -1.68. The van der Waals surface area contributed by atoms with Gasteiger partial charge in [0.2, 0.25) is 5.91 Å². The molecule has 2 amide bonds. The number of carbonyl (C=O) groups excluding carboxylic acids is 2. The minimum absolute atomic E-state index is 0.0754. The number of anilines is 2. The van der Waals surface area contributed by atoms with Crippen LogP contribution in [0.1, 0.15) is 97.5 Å². The van der Waals surface area contributed by atoms with Gasteiger partial charge in [-0.05, 0) is 106 Å². The number of primary amides is 1. The number of hydrogen-bond acceptors (Lipinski definition) is 14. The van der Waals surface area contributed by atoms with Crippen LogP contribution in [0.2, 0.25) is 5.15 Å². The highest BCUT2D eigenvalue weighted by Crippen LogP contribution is 2.30. The standard InChI is InChI=1S/C38H63ClN10O7/c1-2-3-4-9-18-49(21-28(51)31(53)32(54)29(52)22-50)19-10-17-44-27(36(42)55)20-24-15-14-23(25-12-5-6-13-26(24)25)11-7-8-16-45-38(43)48-37(56)30-34(40)47-35(41)33(39)46-30/h14-15,27-29,31-32,44,50-54H,2-13,16-22H2,1H3,(H2,42,55)(H4,40,41,47)(H3,43,45,48,56)/t27-,28-,29+,31+,32+/m0/s1. The molecule has 314 valence electrons. The molecule has 56 heavy (non-hydrogen) atoms. The van der Waals surface area contributed by atoms with Gasteiger partial charge < -0.3 is 58.3 Å². The van der Waals surface area contributed by atoms with E-state index in [9.17, 15) is 30.0 Å². The summed E-state index contributed by atoms with van der Waals surface area (Å²) in [6.45, 7) is 3.66. The van der Waals surface area contributed by atoms with Crippen LogP contribution in [-0.2, 0) is 30.5 Å². The van der Waals surface area contributed by atoms with Crippen LogP contribution in [0.4, 0.5) is 11.6 Å². The lowest BCUT2D eigenvalue weighted by molar-refractivity contribution is -0.120. The predicted molar refractivity (Wildman–Crippen MR) is 216 cm³/mol. The lowest BCUT2D eigenvalue weighted by Crippen LogP contribution is -2.50. The number of nitrogens with zero attached hydrogens (tertiary/aromatic N) is 3. The summed E-state index contributed by atoms with van der Waals surface area (Å²) < 4.78 is 0. The number of aryl methyl sites for hydroxylation is 1. The number of nitrogens with two attached hydrogens (primary N) is 3. The molecule has 0 spiro atoms. The number of halogens is 1. The number of guanidine groups is 1. The summed E-state index contributed by atoms with van der Waals surface area (Å²) in [5, 5.41) is 66.4. The van der Waals surface area contributed by atoms with Crippen molar-refractivity contribution in [1.82, 2.24) is 30.8 Å². The van der Waals surface area contributed by atoms with Crippen LogP contribution in [-0.4, -0.2) is 128 Å². The quantitative estimate of drug-likeness (QED) is 0.0361. The molecule has 15 N–H and O–H groups in total. The van der Waals surface area contributed by atoms with Crippen molar-refractivity contribution in [2.45, 2.75) is 121 Å². The zero-order chi connectivity index (χ0) is 41.2. The van der Waals surface area contributed by atoms with E-state index >= 15 is 0 Å². The molecule has 1 aromatic heterocycles. The maximum Gasteiger partial charge on any atom is 0.280 e. The third kappa shape index (κ3) is 14.7. The van der Waals surface area contributed by atoms with Crippen LogP contribution in [0.15, 0.2) is 12.1 Å². The Kier molecular flexibility index (Phi) is 20.2. The predicted octanol–water partition coefficient (Wildman–Crippen LogP) is 0.145. The van der Waals surface area contributed by atoms with Gasteiger partial charge in [0.1, 0.15) is 18.3 Å². The molecule has 3 rings (SSSR count). The third-order valence-electron chi connectivity index (χ3n) is 10.2. The largest absolute Gasteiger partial charge is 0.394 e. The fraction of sp³-hybridized carbons (Fsp3) is 0.658. The number of aromatic nitrogens is 2. The van der Waals surface area contributed by atoms with Gasteiger partial charge in [0.05, 0.1) is 18.8 Å². The average molecular weight is 807 g/mol. The highest BCUT2D eigenvalue weighted by molar-refractivity contribution is 6.31. The topological polar surface area (TPSA) is 302 Å². The van der Waals surface area contributed by atoms with Crippen LogP contribution in [0, 0.1) is 5.41 Å². The van der Waals surface area contributed by atoms with Crippen molar-refractivity contribution in [2.24, 2.45) is 5.73 Å². The number of aliphatic hydroxyl groups is 5. The molecule has 0 saturated heterocycles. The first kappa shape index (κ1) is 46.7. The Labute approximate surface area is 334 Å². The lowest BCUT2D eigenvalue weighted by Gasteiger charge is -2.30. The van der Waals surface area contributed by atoms with Gasteiger partial charge in [-0.1, -0.05) is 49.9 Å². The number of hydrogen-bond donors (Lipinski definition) is 12. The van der Waals surface area contributed by atoms with Crippen LogP contribution in [0.5, 0.6) is 0 Å². The van der Waals surface area contributed by atoms with Gasteiger partial charge in [-0.25, -0.2) is 9.97 Å². The molecule has 0 aliphatic heterocycles. The molecule has 2 aromatic rings. The van der Waals surface area contributed by atoms with Crippen LogP contribution in [0.25, 0.3) is 0 Å². The first-order valence-electron chi connectivity index (χ1n) is 19.7. The summed E-state index contributed by atoms with van der Waals surface area (Å²) in [5.74, 6) is -1.64. The Morgan fingerprint density at radius 3 is 2.23 bits per heavy atom. The molecule has 18 heteroatoms. The van der Waals surface area contributed by atoms with E-state index in [0.29, 0.717) is 39.0 Å². The van der Waals surface area contributed by atoms with Crippen molar-refractivity contribution >= 4 is 41.0 Å². The zero-order valence-electron chi connectivity index (χ0n) is 32.5. The summed E-state index contributed by atoms with van der Waals surface area (Å²) in [7, 11) is 0. The summed E-state index contributed by atoms with van der Waals surface area (Å²) in [6.07, 6.45) is 5.49. The number of amides is 2. The van der Waals surface area contributed by atoms with E-state index in [1.54, 1.807) is 0 Å². The van der Waals surface area contributed by atoms with Gasteiger partial charge in [-0.3, -0.25) is 20.3 Å². The Morgan fingerprint density at radius 2 is 1.55 bits per heavy atom. The number of aliphatic hydroxyl groups excluding tert-OH is 5. The first-order valence-corrected chi connectivity index (χ1v) is 20.1. The second kappa shape index (κ2) is 24.2. The van der Waals surface area contributed by atoms with E-state index in [4.69, 9.17) is 39.3 Å². The minimum Gasteiger partial charge on any atom is -0.394 e. The van der Waals surface area contributed by atoms with Crippen molar-refractivity contribution in [3.05, 3.63) is 45.2 Å². The fourth-order valence-electron chi connectivity index (χ4n) is 6.99. The van der Waals surface area contributed by atoms with Crippen LogP contribution >= 0.6 is 11.6 Å². The van der Waals surface area contributed by atoms with Crippen molar-refractivity contribution in [3.63, 3.8) is 0 Å². The third-order valence-corrected chi connectivity index (χ3v) is 10.4. The lowest BCUT2D eigenvalue weighted by atomic mass is 9.82. The van der Waals surface area contributed by atoms with Crippen LogP contribution < -0.4 is 33.2 Å². The van der Waals surface area contributed by atoms with Gasteiger partial charge in [-0.15, -0.1) is 0 Å². The van der Waals surface area contributed by atoms with Gasteiger partial charge in [0.25, 0.3) is 5.91 Å². The molecular formula is C38H63ClN10O7. The molecule has 5 atom stereocenters. The average Bonchev–Trinajstić information content (AvgIpc) is 3.17. The molecule has 1 aromatic carbocycles. The van der Waals surface area contributed by atoms with E-state index < -0.39 is 48.9 Å². The van der Waals surface area contributed by atoms with E-state index in [0.717, 1.165) is 76.2 Å². The van der Waals surface area contributed by atoms with E-state index in [-0.39, 0.29) is 35.0 Å². The number of carbonyl (C=O) groups is 2. The molecule has 1 aliphatic rings. The highest BCUT2D eigenvalue weighted by atomic mass is 35.5. The highest BCUT2D eigenvalue weighted by Gasteiger charge is 2.31. The van der Waals surface area contributed by atoms with E-state index in [1.807, 2.05) is 4.90 Å². The number of benzene rings is 1. The molecule has 0 fully saturated rings. The molecule has 0 radical (unpaired) electrons. The molecule has 1 aliphatic carbocycles. The molecular weight excluding hydrogens is 744 g/mol.